The molecule has 0 aliphatic carbocycles. The molecule has 1 aliphatic heterocycles. The predicted octanol–water partition coefficient (Wildman–Crippen LogP) is 12.2. The van der Waals surface area contributed by atoms with Gasteiger partial charge in [0, 0.05) is 43.4 Å². The fourth-order valence-electron chi connectivity index (χ4n) is 7.11. The van der Waals surface area contributed by atoms with Gasteiger partial charge in [-0.3, -0.25) is 4.57 Å². The van der Waals surface area contributed by atoms with Crippen LogP contribution in [0.3, 0.4) is 0 Å². The lowest BCUT2D eigenvalue weighted by molar-refractivity contribution is 0.355. The van der Waals surface area contributed by atoms with Crippen LogP contribution in [0.25, 0.3) is 33.9 Å². The first-order valence-corrected chi connectivity index (χ1v) is 19.5. The molecule has 290 valence electrons. The first-order chi connectivity index (χ1) is 28.2. The molecule has 0 saturated carbocycles. The van der Waals surface area contributed by atoms with Crippen LogP contribution in [0.15, 0.2) is 143 Å². The molecule has 58 heavy (non-hydrogen) atoms. The first-order valence-electron chi connectivity index (χ1n) is 18.0. The minimum Gasteiger partial charge on any atom is -0.493 e. The number of benzene rings is 6. The molecule has 12 heteroatoms. The molecule has 6 aromatic carbocycles. The summed E-state index contributed by atoms with van der Waals surface area (Å²) in [5.74, 6) is 1.06. The fourth-order valence-corrected chi connectivity index (χ4v) is 7.81. The summed E-state index contributed by atoms with van der Waals surface area (Å²) < 4.78 is 25.0. The first kappa shape index (κ1) is 39.1. The van der Waals surface area contributed by atoms with Crippen LogP contribution >= 0.6 is 46.4 Å². The normalized spacial score (nSPS) is 14.8. The molecule has 1 unspecified atom stereocenters. The second-order valence-electron chi connectivity index (χ2n) is 13.1. The topological polar surface area (TPSA) is 79.5 Å². The Morgan fingerprint density at radius 2 is 0.966 bits per heavy atom. The molecule has 8 rings (SSSR count). The van der Waals surface area contributed by atoms with Crippen molar-refractivity contribution in [3.8, 4) is 56.9 Å². The Hall–Kier alpha value is -5.77. The van der Waals surface area contributed by atoms with Crippen molar-refractivity contribution < 1.29 is 18.9 Å². The van der Waals surface area contributed by atoms with Gasteiger partial charge >= 0.3 is 0 Å². The minimum absolute atomic E-state index is 0.488. The van der Waals surface area contributed by atoms with Gasteiger partial charge in [0.1, 0.15) is 5.82 Å². The fraction of sp³-hybridized carbons (Fsp3) is 0.109. The number of rotatable bonds is 11. The van der Waals surface area contributed by atoms with Crippen molar-refractivity contribution in [3.05, 3.63) is 170 Å². The van der Waals surface area contributed by atoms with Crippen LogP contribution in [-0.2, 0) is 5.79 Å². The van der Waals surface area contributed by atoms with E-state index in [1.54, 1.807) is 28.4 Å². The molecule has 1 atom stereocenters. The van der Waals surface area contributed by atoms with Crippen molar-refractivity contribution in [1.82, 2.24) is 9.55 Å². The lowest BCUT2D eigenvalue weighted by Crippen LogP contribution is -2.31. The maximum Gasteiger partial charge on any atom is 0.261 e. The van der Waals surface area contributed by atoms with Crippen LogP contribution in [0.4, 0.5) is 0 Å². The number of methoxy groups -OCH3 is 4. The van der Waals surface area contributed by atoms with Crippen LogP contribution < -0.4 is 18.9 Å². The van der Waals surface area contributed by atoms with Crippen molar-refractivity contribution >= 4 is 57.8 Å². The second kappa shape index (κ2) is 16.2. The molecule has 1 aromatic heterocycles. The Kier molecular flexibility index (Phi) is 10.9. The second-order valence-corrected chi connectivity index (χ2v) is 14.8. The van der Waals surface area contributed by atoms with Crippen LogP contribution in [0.5, 0.6) is 23.0 Å². The monoisotopic (exact) mass is 846 g/mol. The SMILES string of the molecule is COc1ccc(C2=NC(c3ccc(Cl)cc3)(n3c(-c4ccc(Cl)cc4)nc(-c4ccccc4Cl)c3-c3ccc(OC)c(OC)c3)N=C2c2ccccc2Cl)cc1OC. The highest BCUT2D eigenvalue weighted by Crippen LogP contribution is 2.49. The Morgan fingerprint density at radius 1 is 0.483 bits per heavy atom. The Balaban J connectivity index is 1.59. The molecule has 0 fully saturated rings. The van der Waals surface area contributed by atoms with Crippen molar-refractivity contribution in [1.29, 1.82) is 0 Å². The third-order valence-corrected chi connectivity index (χ3v) is 11.0. The minimum atomic E-state index is -1.59. The Labute approximate surface area is 355 Å². The standard InChI is InChI=1S/C46H34Cl4N4O4/c1-55-37-23-15-28(25-39(37)57-3)41-42(33-9-5-7-11-35(33)49)53-46(52-41,30-17-21-32(48)22-18-30)54-44(29-16-24-38(56-2)40(26-29)58-4)43(34-10-6-8-12-36(34)50)51-45(54)27-13-19-31(47)20-14-27/h5-26H,1-4H3. The van der Waals surface area contributed by atoms with Gasteiger partial charge in [0.25, 0.3) is 5.79 Å². The van der Waals surface area contributed by atoms with E-state index in [1.807, 2.05) is 138 Å². The van der Waals surface area contributed by atoms with E-state index in [-0.39, 0.29) is 0 Å². The largest absolute Gasteiger partial charge is 0.493 e. The van der Waals surface area contributed by atoms with E-state index in [0.29, 0.717) is 94.0 Å². The molecule has 0 bridgehead atoms. The zero-order valence-corrected chi connectivity index (χ0v) is 34.7. The smallest absolute Gasteiger partial charge is 0.261 e. The molecular weight excluding hydrogens is 814 g/mol. The molecule has 0 N–H and O–H groups in total. The van der Waals surface area contributed by atoms with Crippen LogP contribution in [0.2, 0.25) is 20.1 Å². The van der Waals surface area contributed by atoms with E-state index in [0.717, 1.165) is 11.1 Å². The van der Waals surface area contributed by atoms with Gasteiger partial charge in [-0.15, -0.1) is 0 Å². The maximum atomic E-state index is 7.04. The van der Waals surface area contributed by atoms with E-state index in [2.05, 4.69) is 0 Å². The number of imidazole rings is 1. The lowest BCUT2D eigenvalue weighted by atomic mass is 9.99. The van der Waals surface area contributed by atoms with E-state index < -0.39 is 5.79 Å². The molecule has 2 heterocycles. The zero-order chi connectivity index (χ0) is 40.6. The van der Waals surface area contributed by atoms with E-state index in [4.69, 9.17) is 80.3 Å². The average Bonchev–Trinajstić information content (AvgIpc) is 3.85. The summed E-state index contributed by atoms with van der Waals surface area (Å²) in [6, 6.07) is 41.4. The number of ether oxygens (including phenoxy) is 4. The number of halogens is 4. The van der Waals surface area contributed by atoms with Crippen molar-refractivity contribution in [2.45, 2.75) is 5.79 Å². The highest BCUT2D eigenvalue weighted by molar-refractivity contribution is 6.56. The van der Waals surface area contributed by atoms with Crippen molar-refractivity contribution in [2.24, 2.45) is 9.98 Å². The molecule has 1 aliphatic rings. The van der Waals surface area contributed by atoms with Gasteiger partial charge in [-0.2, -0.15) is 0 Å². The molecule has 0 amide bonds. The summed E-state index contributed by atoms with van der Waals surface area (Å²) in [5, 5.41) is 2.09. The molecule has 7 aromatic rings. The number of hydrogen-bond acceptors (Lipinski definition) is 7. The molecule has 0 saturated heterocycles. The summed E-state index contributed by atoms with van der Waals surface area (Å²) in [5.41, 5.74) is 6.47. The van der Waals surface area contributed by atoms with Gasteiger partial charge in [-0.25, -0.2) is 15.0 Å². The van der Waals surface area contributed by atoms with Crippen LogP contribution in [0.1, 0.15) is 16.7 Å². The van der Waals surface area contributed by atoms with Gasteiger partial charge in [-0.1, -0.05) is 94.9 Å². The zero-order valence-electron chi connectivity index (χ0n) is 31.6. The molecule has 0 radical (unpaired) electrons. The number of nitrogens with zero attached hydrogens (tertiary/aromatic N) is 4. The highest BCUT2D eigenvalue weighted by atomic mass is 35.5. The van der Waals surface area contributed by atoms with Gasteiger partial charge in [0.05, 0.1) is 61.3 Å². The lowest BCUT2D eigenvalue weighted by Gasteiger charge is -2.30. The quantitative estimate of drug-likeness (QED) is 0.130. The van der Waals surface area contributed by atoms with E-state index >= 15 is 0 Å². The predicted molar refractivity (Wildman–Crippen MR) is 234 cm³/mol. The summed E-state index contributed by atoms with van der Waals surface area (Å²) in [7, 11) is 6.38. The van der Waals surface area contributed by atoms with E-state index in [1.165, 1.54) is 0 Å². The Bertz CT molecular complexity index is 2730. The summed E-state index contributed by atoms with van der Waals surface area (Å²) >= 11 is 27.2. The van der Waals surface area contributed by atoms with Crippen LogP contribution in [0, 0.1) is 0 Å². The number of hydrogen-bond donors (Lipinski definition) is 0. The van der Waals surface area contributed by atoms with Crippen LogP contribution in [-0.4, -0.2) is 49.4 Å². The summed E-state index contributed by atoms with van der Waals surface area (Å²) in [6.07, 6.45) is 0. The highest BCUT2D eigenvalue weighted by Gasteiger charge is 2.45. The molecule has 0 spiro atoms. The summed E-state index contributed by atoms with van der Waals surface area (Å²) in [6.45, 7) is 0. The third kappa shape index (κ3) is 6.96. The van der Waals surface area contributed by atoms with Gasteiger partial charge in [0.2, 0.25) is 0 Å². The Morgan fingerprint density at radius 3 is 1.53 bits per heavy atom. The number of aliphatic imine (C=N–C) groups is 2. The molecular formula is C46H34Cl4N4O4. The number of aromatic nitrogens is 2. The van der Waals surface area contributed by atoms with Crippen molar-refractivity contribution in [2.75, 3.05) is 28.4 Å². The maximum absolute atomic E-state index is 7.04. The third-order valence-electron chi connectivity index (χ3n) is 9.85. The van der Waals surface area contributed by atoms with Gasteiger partial charge < -0.3 is 18.9 Å². The average molecular weight is 849 g/mol. The van der Waals surface area contributed by atoms with Gasteiger partial charge in [0.15, 0.2) is 23.0 Å². The van der Waals surface area contributed by atoms with Crippen molar-refractivity contribution in [3.63, 3.8) is 0 Å². The van der Waals surface area contributed by atoms with Gasteiger partial charge in [-0.05, 0) is 84.9 Å². The summed E-state index contributed by atoms with van der Waals surface area (Å²) in [4.78, 5) is 16.8. The molecule has 8 nitrogen and oxygen atoms in total. The van der Waals surface area contributed by atoms with E-state index in [9.17, 15) is 0 Å².